The van der Waals surface area contributed by atoms with Gasteiger partial charge in [-0.05, 0) is 50.9 Å². The van der Waals surface area contributed by atoms with Crippen molar-refractivity contribution in [3.8, 4) is 22.3 Å². The summed E-state index contributed by atoms with van der Waals surface area (Å²) in [5, 5.41) is 0. The van der Waals surface area contributed by atoms with Crippen molar-refractivity contribution in [3.05, 3.63) is 119 Å². The average Bonchev–Trinajstić information content (AvgIpc) is 3.40. The minimum atomic E-state index is -1.74. The molecule has 4 aromatic rings. The van der Waals surface area contributed by atoms with E-state index in [1.807, 2.05) is 60.7 Å². The van der Waals surface area contributed by atoms with Crippen molar-refractivity contribution < 1.29 is 14.3 Å². The molecule has 4 heteroatoms. The molecule has 0 saturated carbocycles. The summed E-state index contributed by atoms with van der Waals surface area (Å²) >= 11 is 0. The fourth-order valence-electron chi connectivity index (χ4n) is 5.73. The predicted molar refractivity (Wildman–Crippen MR) is 136 cm³/mol. The van der Waals surface area contributed by atoms with Crippen molar-refractivity contribution in [2.24, 2.45) is 5.73 Å². The molecule has 35 heavy (non-hydrogen) atoms. The van der Waals surface area contributed by atoms with Crippen molar-refractivity contribution in [3.63, 3.8) is 0 Å². The van der Waals surface area contributed by atoms with E-state index in [-0.39, 0.29) is 24.9 Å². The zero-order valence-corrected chi connectivity index (χ0v) is 19.2. The summed E-state index contributed by atoms with van der Waals surface area (Å²) < 4.78 is 5.79. The minimum absolute atomic E-state index is 0.0878. The van der Waals surface area contributed by atoms with Gasteiger partial charge < -0.3 is 15.3 Å². The first-order valence-electron chi connectivity index (χ1n) is 11.9. The molecule has 2 aliphatic rings. The lowest BCUT2D eigenvalue weighted by molar-refractivity contribution is -0.152. The quantitative estimate of drug-likeness (QED) is 0.237. The third-order valence-corrected chi connectivity index (χ3v) is 7.44. The van der Waals surface area contributed by atoms with Crippen LogP contribution in [0, 0.1) is 0 Å². The third-order valence-electron chi connectivity index (χ3n) is 7.44. The summed E-state index contributed by atoms with van der Waals surface area (Å²) in [6.45, 7) is 0.136. The van der Waals surface area contributed by atoms with Crippen molar-refractivity contribution in [2.75, 3.05) is 6.61 Å². The van der Waals surface area contributed by atoms with E-state index in [4.69, 9.17) is 10.5 Å². The van der Waals surface area contributed by atoms with Gasteiger partial charge >= 0.3 is 5.97 Å². The van der Waals surface area contributed by atoms with E-state index in [0.29, 0.717) is 6.29 Å². The summed E-state index contributed by atoms with van der Waals surface area (Å²) in [6.07, 6.45) is 0.705. The number of carbonyl (C=O) groups excluding carboxylic acids is 2. The number of rotatable bonds is 6. The molecule has 2 N–H and O–H groups in total. The van der Waals surface area contributed by atoms with Crippen LogP contribution in [0.25, 0.3) is 22.3 Å². The number of fused-ring (bicyclic) bond motifs is 6. The summed E-state index contributed by atoms with van der Waals surface area (Å²) in [6, 6.07) is 32.5. The Bertz CT molecular complexity index is 1370. The summed E-state index contributed by atoms with van der Waals surface area (Å²) in [5.41, 5.74) is 13.7. The standard InChI is InChI=1S/C31H25NO3/c32-31(19-33,17-28-24-13-5-1-9-20(24)21-10-2-6-14-25(21)28)30(34)35-18-29-26-15-7-3-11-22(26)23-12-4-8-16-27(23)29/h1-16,19,28-29H,17-18,32H2. The Kier molecular flexibility index (Phi) is 5.12. The number of carbonyl (C=O) groups is 2. The van der Waals surface area contributed by atoms with Crippen LogP contribution in [0.5, 0.6) is 0 Å². The van der Waals surface area contributed by atoms with Gasteiger partial charge in [0, 0.05) is 11.8 Å². The molecule has 4 nitrogen and oxygen atoms in total. The zero-order valence-electron chi connectivity index (χ0n) is 19.2. The van der Waals surface area contributed by atoms with Crippen LogP contribution in [0.4, 0.5) is 0 Å². The van der Waals surface area contributed by atoms with Gasteiger partial charge in [-0.1, -0.05) is 97.1 Å². The second-order valence-corrected chi connectivity index (χ2v) is 9.41. The van der Waals surface area contributed by atoms with E-state index in [1.165, 1.54) is 0 Å². The number of ether oxygens (including phenoxy) is 1. The Hall–Kier alpha value is -4.02. The molecule has 0 radical (unpaired) electrons. The molecule has 2 aliphatic carbocycles. The smallest absolute Gasteiger partial charge is 0.333 e. The fraction of sp³-hybridized carbons (Fsp3) is 0.161. The highest BCUT2D eigenvalue weighted by Gasteiger charge is 2.42. The summed E-state index contributed by atoms with van der Waals surface area (Å²) in [7, 11) is 0. The van der Waals surface area contributed by atoms with Crippen LogP contribution in [0.2, 0.25) is 0 Å². The van der Waals surface area contributed by atoms with Crippen LogP contribution in [0.15, 0.2) is 97.1 Å². The van der Waals surface area contributed by atoms with Gasteiger partial charge in [0.25, 0.3) is 0 Å². The lowest BCUT2D eigenvalue weighted by Crippen LogP contribution is -2.52. The first-order chi connectivity index (χ1) is 17.1. The van der Waals surface area contributed by atoms with E-state index in [0.717, 1.165) is 44.5 Å². The molecule has 1 atom stereocenters. The molecule has 0 spiro atoms. The van der Waals surface area contributed by atoms with Crippen LogP contribution in [-0.2, 0) is 14.3 Å². The van der Waals surface area contributed by atoms with Crippen LogP contribution in [-0.4, -0.2) is 24.4 Å². The van der Waals surface area contributed by atoms with Gasteiger partial charge in [-0.15, -0.1) is 0 Å². The number of hydrogen-bond donors (Lipinski definition) is 1. The van der Waals surface area contributed by atoms with Gasteiger partial charge in [0.1, 0.15) is 6.61 Å². The maximum atomic E-state index is 13.3. The minimum Gasteiger partial charge on any atom is -0.463 e. The van der Waals surface area contributed by atoms with Gasteiger partial charge in [0.05, 0.1) is 0 Å². The lowest BCUT2D eigenvalue weighted by Gasteiger charge is -2.26. The normalized spacial score (nSPS) is 15.5. The maximum Gasteiger partial charge on any atom is 0.333 e. The van der Waals surface area contributed by atoms with Gasteiger partial charge in [0.2, 0.25) is 0 Å². The predicted octanol–water partition coefficient (Wildman–Crippen LogP) is 5.44. The maximum absolute atomic E-state index is 13.3. The van der Waals surface area contributed by atoms with Crippen LogP contribution in [0.1, 0.15) is 40.5 Å². The van der Waals surface area contributed by atoms with Gasteiger partial charge in [-0.25, -0.2) is 4.79 Å². The topological polar surface area (TPSA) is 69.4 Å². The van der Waals surface area contributed by atoms with E-state index in [9.17, 15) is 9.59 Å². The second kappa shape index (κ2) is 8.33. The highest BCUT2D eigenvalue weighted by atomic mass is 16.5. The Morgan fingerprint density at radius 3 is 1.46 bits per heavy atom. The molecule has 6 rings (SSSR count). The molecule has 1 unspecified atom stereocenters. The van der Waals surface area contributed by atoms with Crippen LogP contribution >= 0.6 is 0 Å². The van der Waals surface area contributed by atoms with Crippen molar-refractivity contribution in [1.82, 2.24) is 0 Å². The highest BCUT2D eigenvalue weighted by molar-refractivity contribution is 5.98. The van der Waals surface area contributed by atoms with Crippen LogP contribution < -0.4 is 5.73 Å². The Balaban J connectivity index is 1.26. The highest BCUT2D eigenvalue weighted by Crippen LogP contribution is 2.48. The van der Waals surface area contributed by atoms with Crippen molar-refractivity contribution in [1.29, 1.82) is 0 Å². The monoisotopic (exact) mass is 459 g/mol. The molecule has 0 aliphatic heterocycles. The molecule has 0 saturated heterocycles. The Morgan fingerprint density at radius 2 is 1.06 bits per heavy atom. The number of esters is 1. The van der Waals surface area contributed by atoms with Crippen LogP contribution in [0.3, 0.4) is 0 Å². The lowest BCUT2D eigenvalue weighted by atomic mass is 9.83. The largest absolute Gasteiger partial charge is 0.463 e. The summed E-state index contributed by atoms with van der Waals surface area (Å²) in [5.74, 6) is -0.926. The van der Waals surface area contributed by atoms with Crippen molar-refractivity contribution >= 4 is 12.3 Å². The molecule has 0 fully saturated rings. The van der Waals surface area contributed by atoms with E-state index >= 15 is 0 Å². The fourth-order valence-corrected chi connectivity index (χ4v) is 5.73. The first kappa shape index (κ1) is 21.5. The average molecular weight is 460 g/mol. The number of nitrogens with two attached hydrogens (primary N) is 1. The molecule has 0 heterocycles. The Labute approximate surface area is 204 Å². The second-order valence-electron chi connectivity index (χ2n) is 9.41. The van der Waals surface area contributed by atoms with E-state index < -0.39 is 11.5 Å². The van der Waals surface area contributed by atoms with Crippen molar-refractivity contribution in [2.45, 2.75) is 23.8 Å². The number of hydrogen-bond acceptors (Lipinski definition) is 4. The summed E-state index contributed by atoms with van der Waals surface area (Å²) in [4.78, 5) is 25.6. The molecule has 0 amide bonds. The SMILES string of the molecule is NC(C=O)(CC1c2ccccc2-c2ccccc21)C(=O)OCC1c2ccccc2-c2ccccc21. The first-order valence-corrected chi connectivity index (χ1v) is 11.9. The van der Waals surface area contributed by atoms with Gasteiger partial charge in [-0.3, -0.25) is 0 Å². The number of aldehydes is 1. The molecule has 172 valence electrons. The zero-order chi connectivity index (χ0) is 24.0. The van der Waals surface area contributed by atoms with Gasteiger partial charge in [0.15, 0.2) is 11.8 Å². The molecule has 0 aromatic heterocycles. The molecular weight excluding hydrogens is 434 g/mol. The van der Waals surface area contributed by atoms with E-state index in [1.54, 1.807) is 0 Å². The Morgan fingerprint density at radius 1 is 0.686 bits per heavy atom. The molecule has 4 aromatic carbocycles. The van der Waals surface area contributed by atoms with Gasteiger partial charge in [-0.2, -0.15) is 0 Å². The molecule has 0 bridgehead atoms. The van der Waals surface area contributed by atoms with E-state index in [2.05, 4.69) is 36.4 Å². The third kappa shape index (κ3) is 3.41. The molecular formula is C31H25NO3. The number of benzene rings is 4.